The maximum atomic E-state index is 14.1. The van der Waals surface area contributed by atoms with E-state index in [0.717, 1.165) is 29.7 Å². The topological polar surface area (TPSA) is 24.9 Å². The molecule has 2 nitrogen and oxygen atoms in total. The molecule has 0 aliphatic rings. The van der Waals surface area contributed by atoms with E-state index in [4.69, 9.17) is 0 Å². The van der Waals surface area contributed by atoms with Crippen LogP contribution in [0.5, 0.6) is 0 Å². The molecule has 1 aromatic carbocycles. The van der Waals surface area contributed by atoms with E-state index < -0.39 is 0 Å². The number of nitrogens with one attached hydrogen (secondary N) is 1. The first-order valence-corrected chi connectivity index (χ1v) is 7.07. The number of hydrogen-bond donors (Lipinski definition) is 1. The SMILES string of the molecule is CCCNC(C)c1ccc(F)c(-c2ccncc2C)c1. The number of aromatic nitrogens is 1. The normalized spacial score (nSPS) is 12.4. The Morgan fingerprint density at radius 2 is 2.05 bits per heavy atom. The zero-order chi connectivity index (χ0) is 14.5. The molecule has 1 N–H and O–H groups in total. The van der Waals surface area contributed by atoms with Gasteiger partial charge in [-0.15, -0.1) is 0 Å². The van der Waals surface area contributed by atoms with Crippen LogP contribution in [0.3, 0.4) is 0 Å². The second-order valence-electron chi connectivity index (χ2n) is 5.11. The summed E-state index contributed by atoms with van der Waals surface area (Å²) in [6.45, 7) is 7.15. The maximum Gasteiger partial charge on any atom is 0.131 e. The third-order valence-corrected chi connectivity index (χ3v) is 3.50. The number of pyridine rings is 1. The average Bonchev–Trinajstić information content (AvgIpc) is 2.46. The molecule has 3 heteroatoms. The Hall–Kier alpha value is -1.74. The van der Waals surface area contributed by atoms with Crippen molar-refractivity contribution in [1.29, 1.82) is 0 Å². The summed E-state index contributed by atoms with van der Waals surface area (Å²) in [6, 6.07) is 7.42. The highest BCUT2D eigenvalue weighted by Crippen LogP contribution is 2.28. The molecule has 0 amide bonds. The largest absolute Gasteiger partial charge is 0.310 e. The lowest BCUT2D eigenvalue weighted by atomic mass is 9.97. The van der Waals surface area contributed by atoms with Gasteiger partial charge in [0.05, 0.1) is 0 Å². The fourth-order valence-electron chi connectivity index (χ4n) is 2.27. The number of rotatable bonds is 5. The van der Waals surface area contributed by atoms with E-state index in [1.54, 1.807) is 18.5 Å². The Morgan fingerprint density at radius 1 is 1.25 bits per heavy atom. The van der Waals surface area contributed by atoms with Gasteiger partial charge in [-0.1, -0.05) is 13.0 Å². The molecule has 0 saturated heterocycles. The van der Waals surface area contributed by atoms with Crippen molar-refractivity contribution in [3.8, 4) is 11.1 Å². The van der Waals surface area contributed by atoms with Gasteiger partial charge in [-0.2, -0.15) is 0 Å². The van der Waals surface area contributed by atoms with Crippen molar-refractivity contribution in [2.24, 2.45) is 0 Å². The van der Waals surface area contributed by atoms with Crippen molar-refractivity contribution >= 4 is 0 Å². The highest BCUT2D eigenvalue weighted by molar-refractivity contribution is 5.67. The highest BCUT2D eigenvalue weighted by Gasteiger charge is 2.11. The number of hydrogen-bond acceptors (Lipinski definition) is 2. The van der Waals surface area contributed by atoms with Crippen LogP contribution >= 0.6 is 0 Å². The van der Waals surface area contributed by atoms with Crippen molar-refractivity contribution in [3.05, 3.63) is 53.6 Å². The van der Waals surface area contributed by atoms with Crippen LogP contribution in [0, 0.1) is 12.7 Å². The van der Waals surface area contributed by atoms with E-state index in [9.17, 15) is 4.39 Å². The molecule has 2 rings (SSSR count). The van der Waals surface area contributed by atoms with Crippen LogP contribution in [0.25, 0.3) is 11.1 Å². The molecule has 106 valence electrons. The van der Waals surface area contributed by atoms with E-state index in [1.807, 2.05) is 25.1 Å². The number of benzene rings is 1. The van der Waals surface area contributed by atoms with Crippen molar-refractivity contribution < 1.29 is 4.39 Å². The molecule has 1 unspecified atom stereocenters. The first-order valence-electron chi connectivity index (χ1n) is 7.07. The van der Waals surface area contributed by atoms with Crippen LogP contribution in [0.1, 0.15) is 37.4 Å². The van der Waals surface area contributed by atoms with E-state index in [2.05, 4.69) is 24.1 Å². The molecule has 0 saturated carbocycles. The third kappa shape index (κ3) is 3.23. The predicted molar refractivity (Wildman–Crippen MR) is 81.1 cm³/mol. The Bertz CT molecular complexity index is 581. The smallest absolute Gasteiger partial charge is 0.131 e. The lowest BCUT2D eigenvalue weighted by molar-refractivity contribution is 0.568. The van der Waals surface area contributed by atoms with Gasteiger partial charge < -0.3 is 5.32 Å². The van der Waals surface area contributed by atoms with Gasteiger partial charge in [-0.3, -0.25) is 4.98 Å². The summed E-state index contributed by atoms with van der Waals surface area (Å²) in [5, 5.41) is 3.43. The molecule has 0 fully saturated rings. The Kier molecular flexibility index (Phi) is 4.85. The van der Waals surface area contributed by atoms with E-state index >= 15 is 0 Å². The minimum atomic E-state index is -0.189. The van der Waals surface area contributed by atoms with Crippen molar-refractivity contribution in [3.63, 3.8) is 0 Å². The number of halogens is 1. The van der Waals surface area contributed by atoms with Crippen molar-refractivity contribution in [2.45, 2.75) is 33.2 Å². The van der Waals surface area contributed by atoms with Crippen molar-refractivity contribution in [1.82, 2.24) is 10.3 Å². The molecule has 0 spiro atoms. The minimum Gasteiger partial charge on any atom is -0.310 e. The van der Waals surface area contributed by atoms with Gasteiger partial charge in [-0.05, 0) is 61.7 Å². The second-order valence-corrected chi connectivity index (χ2v) is 5.11. The number of nitrogens with zero attached hydrogens (tertiary/aromatic N) is 1. The summed E-state index contributed by atoms with van der Waals surface area (Å²) in [7, 11) is 0. The van der Waals surface area contributed by atoms with Gasteiger partial charge in [0.15, 0.2) is 0 Å². The first kappa shape index (κ1) is 14.7. The molecule has 20 heavy (non-hydrogen) atoms. The Balaban J connectivity index is 2.37. The average molecular weight is 272 g/mol. The summed E-state index contributed by atoms with van der Waals surface area (Å²) >= 11 is 0. The lowest BCUT2D eigenvalue weighted by Gasteiger charge is -2.16. The third-order valence-electron chi connectivity index (χ3n) is 3.50. The Labute approximate surface area is 120 Å². The zero-order valence-corrected chi connectivity index (χ0v) is 12.3. The Morgan fingerprint density at radius 3 is 2.75 bits per heavy atom. The fraction of sp³-hybridized carbons (Fsp3) is 0.353. The van der Waals surface area contributed by atoms with Gasteiger partial charge >= 0.3 is 0 Å². The van der Waals surface area contributed by atoms with Crippen LogP contribution in [0.2, 0.25) is 0 Å². The summed E-state index contributed by atoms with van der Waals surface area (Å²) in [5.74, 6) is -0.189. The maximum absolute atomic E-state index is 14.1. The second kappa shape index (κ2) is 6.62. The van der Waals surface area contributed by atoms with E-state index in [0.29, 0.717) is 5.56 Å². The zero-order valence-electron chi connectivity index (χ0n) is 12.3. The molecule has 0 aliphatic carbocycles. The molecule has 1 atom stereocenters. The van der Waals surface area contributed by atoms with Crippen LogP contribution in [0.15, 0.2) is 36.7 Å². The fourth-order valence-corrected chi connectivity index (χ4v) is 2.27. The van der Waals surface area contributed by atoms with Gasteiger partial charge in [-0.25, -0.2) is 4.39 Å². The van der Waals surface area contributed by atoms with E-state index in [-0.39, 0.29) is 11.9 Å². The van der Waals surface area contributed by atoms with Crippen LogP contribution in [-0.4, -0.2) is 11.5 Å². The molecular formula is C17H21FN2. The predicted octanol–water partition coefficient (Wildman–Crippen LogP) is 4.26. The summed E-state index contributed by atoms with van der Waals surface area (Å²) in [5.41, 5.74) is 3.64. The monoisotopic (exact) mass is 272 g/mol. The van der Waals surface area contributed by atoms with Gasteiger partial charge in [0, 0.05) is 24.0 Å². The van der Waals surface area contributed by atoms with Crippen LogP contribution in [-0.2, 0) is 0 Å². The summed E-state index contributed by atoms with van der Waals surface area (Å²) in [6.07, 6.45) is 4.55. The summed E-state index contributed by atoms with van der Waals surface area (Å²) < 4.78 is 14.1. The molecule has 0 aliphatic heterocycles. The molecule has 0 bridgehead atoms. The van der Waals surface area contributed by atoms with Gasteiger partial charge in [0.1, 0.15) is 5.82 Å². The lowest BCUT2D eigenvalue weighted by Crippen LogP contribution is -2.19. The standard InChI is InChI=1S/C17H21FN2/c1-4-8-20-13(3)14-5-6-17(18)16(10-14)15-7-9-19-11-12(15)2/h5-7,9-11,13,20H,4,8H2,1-3H3. The van der Waals surface area contributed by atoms with Crippen LogP contribution in [0.4, 0.5) is 4.39 Å². The molecule has 1 aromatic heterocycles. The van der Waals surface area contributed by atoms with E-state index in [1.165, 1.54) is 0 Å². The van der Waals surface area contributed by atoms with Crippen LogP contribution < -0.4 is 5.32 Å². The first-order chi connectivity index (χ1) is 9.63. The number of aryl methyl sites for hydroxylation is 1. The van der Waals surface area contributed by atoms with Gasteiger partial charge in [0.25, 0.3) is 0 Å². The molecule has 2 aromatic rings. The molecule has 1 heterocycles. The minimum absolute atomic E-state index is 0.189. The molecular weight excluding hydrogens is 251 g/mol. The van der Waals surface area contributed by atoms with Gasteiger partial charge in [0.2, 0.25) is 0 Å². The quantitative estimate of drug-likeness (QED) is 0.879. The summed E-state index contributed by atoms with van der Waals surface area (Å²) in [4.78, 5) is 4.06. The molecule has 0 radical (unpaired) electrons. The highest BCUT2D eigenvalue weighted by atomic mass is 19.1. The van der Waals surface area contributed by atoms with Crippen molar-refractivity contribution in [2.75, 3.05) is 6.54 Å².